The number of fused-ring (bicyclic) bond motifs is 1. The molecule has 1 amide bonds. The van der Waals surface area contributed by atoms with Crippen LogP contribution in [0.25, 0.3) is 10.9 Å². The molecule has 134 valence electrons. The minimum atomic E-state index is -0.132. The maximum atomic E-state index is 12.4. The summed E-state index contributed by atoms with van der Waals surface area (Å²) in [5.41, 5.74) is 1.36. The van der Waals surface area contributed by atoms with E-state index in [2.05, 4.69) is 41.2 Å². The third-order valence-corrected chi connectivity index (χ3v) is 5.07. The van der Waals surface area contributed by atoms with Crippen LogP contribution in [0.2, 0.25) is 0 Å². The van der Waals surface area contributed by atoms with E-state index in [1.54, 1.807) is 30.3 Å². The number of hydrogen-bond acceptors (Lipinski definition) is 5. The van der Waals surface area contributed by atoms with Crippen molar-refractivity contribution in [1.82, 2.24) is 25.1 Å². The lowest BCUT2D eigenvalue weighted by atomic mass is 10.0. The zero-order valence-electron chi connectivity index (χ0n) is 14.4. The van der Waals surface area contributed by atoms with Crippen LogP contribution in [0.4, 0.5) is 5.82 Å². The molecule has 26 heavy (non-hydrogen) atoms. The molecule has 4 rings (SSSR count). The number of hydrogen-bond donors (Lipinski definition) is 1. The van der Waals surface area contributed by atoms with Crippen LogP contribution in [0.1, 0.15) is 23.3 Å². The van der Waals surface area contributed by atoms with Gasteiger partial charge in [0, 0.05) is 42.2 Å². The number of nitrogens with one attached hydrogen (secondary N) is 1. The zero-order valence-corrected chi connectivity index (χ0v) is 16.0. The van der Waals surface area contributed by atoms with E-state index in [0.717, 1.165) is 47.1 Å². The fourth-order valence-corrected chi connectivity index (χ4v) is 3.71. The van der Waals surface area contributed by atoms with E-state index in [1.165, 1.54) is 0 Å². The molecule has 0 saturated carbocycles. The summed E-state index contributed by atoms with van der Waals surface area (Å²) in [5.74, 6) is 0.779. The molecule has 0 spiro atoms. The van der Waals surface area contributed by atoms with Crippen molar-refractivity contribution in [1.29, 1.82) is 0 Å². The Labute approximate surface area is 159 Å². The number of halogens is 1. The van der Waals surface area contributed by atoms with Crippen LogP contribution in [-0.2, 0) is 7.05 Å². The Morgan fingerprint density at radius 3 is 3.00 bits per heavy atom. The number of carbonyl (C=O) groups excluding carboxylic acids is 1. The molecule has 7 nitrogen and oxygen atoms in total. The number of benzene rings is 1. The second kappa shape index (κ2) is 7.03. The molecule has 0 bridgehead atoms. The molecule has 2 aromatic heterocycles. The van der Waals surface area contributed by atoms with Gasteiger partial charge in [-0.2, -0.15) is 5.10 Å². The Hall–Kier alpha value is -2.48. The first-order valence-corrected chi connectivity index (χ1v) is 9.35. The molecule has 1 atom stereocenters. The third kappa shape index (κ3) is 3.41. The summed E-state index contributed by atoms with van der Waals surface area (Å²) in [5, 5.41) is 8.28. The third-order valence-electron chi connectivity index (χ3n) is 4.58. The monoisotopic (exact) mass is 414 g/mol. The SMILES string of the molecule is Cn1ccc(C(=O)NC2CCCN(c3ncnc4ccc(Br)cc34)C2)n1. The Morgan fingerprint density at radius 1 is 1.31 bits per heavy atom. The average Bonchev–Trinajstić information content (AvgIpc) is 3.08. The maximum Gasteiger partial charge on any atom is 0.272 e. The van der Waals surface area contributed by atoms with Gasteiger partial charge in [-0.15, -0.1) is 0 Å². The van der Waals surface area contributed by atoms with Crippen LogP contribution < -0.4 is 10.2 Å². The molecule has 3 heterocycles. The number of nitrogens with zero attached hydrogens (tertiary/aromatic N) is 5. The van der Waals surface area contributed by atoms with E-state index < -0.39 is 0 Å². The number of piperidine rings is 1. The first-order valence-electron chi connectivity index (χ1n) is 8.56. The molecule has 1 N–H and O–H groups in total. The normalized spacial score (nSPS) is 17.5. The summed E-state index contributed by atoms with van der Waals surface area (Å²) < 4.78 is 2.63. The Morgan fingerprint density at radius 2 is 2.19 bits per heavy atom. The van der Waals surface area contributed by atoms with Gasteiger partial charge in [0.25, 0.3) is 5.91 Å². The van der Waals surface area contributed by atoms with E-state index in [-0.39, 0.29) is 11.9 Å². The van der Waals surface area contributed by atoms with Gasteiger partial charge in [0.1, 0.15) is 17.8 Å². The molecule has 0 radical (unpaired) electrons. The minimum Gasteiger partial charge on any atom is -0.354 e. The predicted molar refractivity (Wildman–Crippen MR) is 103 cm³/mol. The number of amides is 1. The number of anilines is 1. The van der Waals surface area contributed by atoms with Gasteiger partial charge in [0.2, 0.25) is 0 Å². The van der Waals surface area contributed by atoms with Gasteiger partial charge in [0.15, 0.2) is 0 Å². The van der Waals surface area contributed by atoms with Crippen LogP contribution in [0.15, 0.2) is 41.3 Å². The molecule has 1 fully saturated rings. The van der Waals surface area contributed by atoms with Gasteiger partial charge in [-0.25, -0.2) is 9.97 Å². The molecule has 1 aliphatic heterocycles. The summed E-state index contributed by atoms with van der Waals surface area (Å²) in [4.78, 5) is 23.5. The highest BCUT2D eigenvalue weighted by atomic mass is 79.9. The van der Waals surface area contributed by atoms with Gasteiger partial charge < -0.3 is 10.2 Å². The van der Waals surface area contributed by atoms with E-state index in [1.807, 2.05) is 18.2 Å². The topological polar surface area (TPSA) is 75.9 Å². The van der Waals surface area contributed by atoms with Crippen molar-refractivity contribution >= 4 is 38.6 Å². The number of rotatable bonds is 3. The average molecular weight is 415 g/mol. The van der Waals surface area contributed by atoms with E-state index >= 15 is 0 Å². The second-order valence-electron chi connectivity index (χ2n) is 6.49. The van der Waals surface area contributed by atoms with E-state index in [0.29, 0.717) is 5.69 Å². The molecule has 1 aliphatic rings. The molecule has 1 saturated heterocycles. The fourth-order valence-electron chi connectivity index (χ4n) is 3.35. The van der Waals surface area contributed by atoms with Crippen molar-refractivity contribution in [2.75, 3.05) is 18.0 Å². The minimum absolute atomic E-state index is 0.0652. The van der Waals surface area contributed by atoms with Crippen LogP contribution in [0.3, 0.4) is 0 Å². The molecule has 1 aromatic carbocycles. The van der Waals surface area contributed by atoms with Crippen molar-refractivity contribution in [3.63, 3.8) is 0 Å². The maximum absolute atomic E-state index is 12.4. The first kappa shape index (κ1) is 17.0. The highest BCUT2D eigenvalue weighted by molar-refractivity contribution is 9.10. The quantitative estimate of drug-likeness (QED) is 0.712. The first-order chi connectivity index (χ1) is 12.6. The van der Waals surface area contributed by atoms with E-state index in [9.17, 15) is 4.79 Å². The summed E-state index contributed by atoms with van der Waals surface area (Å²) in [6.45, 7) is 1.63. The molecular weight excluding hydrogens is 396 g/mol. The zero-order chi connectivity index (χ0) is 18.1. The molecule has 1 unspecified atom stereocenters. The number of aryl methyl sites for hydroxylation is 1. The van der Waals surface area contributed by atoms with Crippen LogP contribution in [0.5, 0.6) is 0 Å². The number of carbonyl (C=O) groups is 1. The molecule has 3 aromatic rings. The van der Waals surface area contributed by atoms with Crippen LogP contribution in [0, 0.1) is 0 Å². The Bertz CT molecular complexity index is 956. The molecular formula is C18H19BrN6O. The van der Waals surface area contributed by atoms with Crippen molar-refractivity contribution in [3.8, 4) is 0 Å². The van der Waals surface area contributed by atoms with Gasteiger partial charge in [0.05, 0.1) is 5.52 Å². The smallest absolute Gasteiger partial charge is 0.272 e. The highest BCUT2D eigenvalue weighted by Gasteiger charge is 2.24. The van der Waals surface area contributed by atoms with Crippen molar-refractivity contribution in [3.05, 3.63) is 47.0 Å². The van der Waals surface area contributed by atoms with Gasteiger partial charge in [-0.1, -0.05) is 15.9 Å². The Kier molecular flexibility index (Phi) is 4.58. The van der Waals surface area contributed by atoms with Gasteiger partial charge in [-0.3, -0.25) is 9.48 Å². The summed E-state index contributed by atoms with van der Waals surface area (Å²) in [7, 11) is 1.80. The van der Waals surface area contributed by atoms with E-state index in [4.69, 9.17) is 0 Å². The standard InChI is InChI=1S/C18H19BrN6O/c1-24-8-6-16(23-24)18(26)22-13-3-2-7-25(10-13)17-14-9-12(19)4-5-15(14)20-11-21-17/h4-6,8-9,11,13H,2-3,7,10H2,1H3,(H,22,26). The summed E-state index contributed by atoms with van der Waals surface area (Å²) in [6, 6.07) is 7.79. The summed E-state index contributed by atoms with van der Waals surface area (Å²) >= 11 is 3.52. The lowest BCUT2D eigenvalue weighted by molar-refractivity contribution is 0.0927. The summed E-state index contributed by atoms with van der Waals surface area (Å²) in [6.07, 6.45) is 5.31. The van der Waals surface area contributed by atoms with Crippen molar-refractivity contribution in [2.24, 2.45) is 7.05 Å². The number of aromatic nitrogens is 4. The predicted octanol–water partition coefficient (Wildman–Crippen LogP) is 2.52. The lowest BCUT2D eigenvalue weighted by Gasteiger charge is -2.34. The van der Waals surface area contributed by atoms with Gasteiger partial charge in [-0.05, 0) is 37.1 Å². The van der Waals surface area contributed by atoms with Gasteiger partial charge >= 0.3 is 0 Å². The molecule has 0 aliphatic carbocycles. The van der Waals surface area contributed by atoms with Crippen LogP contribution in [-0.4, -0.2) is 44.8 Å². The highest BCUT2D eigenvalue weighted by Crippen LogP contribution is 2.28. The molecule has 8 heteroatoms. The van der Waals surface area contributed by atoms with Crippen LogP contribution >= 0.6 is 15.9 Å². The second-order valence-corrected chi connectivity index (χ2v) is 7.41. The van der Waals surface area contributed by atoms with Crippen molar-refractivity contribution < 1.29 is 4.79 Å². The van der Waals surface area contributed by atoms with Crippen molar-refractivity contribution in [2.45, 2.75) is 18.9 Å². The lowest BCUT2D eigenvalue weighted by Crippen LogP contribution is -2.48. The fraction of sp³-hybridized carbons (Fsp3) is 0.333. The largest absolute Gasteiger partial charge is 0.354 e. The Balaban J connectivity index is 1.54.